The van der Waals surface area contributed by atoms with Gasteiger partial charge in [-0.2, -0.15) is 0 Å². The Labute approximate surface area is 150 Å². The first-order valence-corrected chi connectivity index (χ1v) is 9.34. The van der Waals surface area contributed by atoms with E-state index >= 15 is 0 Å². The Balaban J connectivity index is 1.40. The monoisotopic (exact) mass is 346 g/mol. The highest BCUT2D eigenvalue weighted by Crippen LogP contribution is 2.50. The zero-order valence-electron chi connectivity index (χ0n) is 15.4. The van der Waals surface area contributed by atoms with E-state index in [1.165, 1.54) is 0 Å². The molecule has 0 radical (unpaired) electrons. The van der Waals surface area contributed by atoms with Crippen molar-refractivity contribution in [1.29, 1.82) is 0 Å². The van der Waals surface area contributed by atoms with Crippen molar-refractivity contribution < 1.29 is 14.3 Å². The molecule has 1 saturated carbocycles. The first-order chi connectivity index (χ1) is 12.2. The van der Waals surface area contributed by atoms with Crippen LogP contribution in [0.25, 0.3) is 0 Å². The van der Waals surface area contributed by atoms with Gasteiger partial charge in [-0.3, -0.25) is 4.79 Å². The number of methoxy groups -OCH3 is 2. The van der Waals surface area contributed by atoms with Crippen LogP contribution in [0.5, 0.6) is 5.75 Å². The van der Waals surface area contributed by atoms with E-state index in [2.05, 4.69) is 16.3 Å². The van der Waals surface area contributed by atoms with Crippen molar-refractivity contribution in [1.82, 2.24) is 10.2 Å². The molecule has 0 unspecified atom stereocenters. The number of nitrogens with one attached hydrogen (secondary N) is 1. The topological polar surface area (TPSA) is 50.8 Å². The molecule has 0 spiro atoms. The molecular formula is C20H30N2O3. The van der Waals surface area contributed by atoms with E-state index in [1.807, 2.05) is 18.2 Å². The molecule has 0 aromatic heterocycles. The summed E-state index contributed by atoms with van der Waals surface area (Å²) in [7, 11) is 3.44. The summed E-state index contributed by atoms with van der Waals surface area (Å²) >= 11 is 0. The molecule has 1 amide bonds. The molecule has 1 N–H and O–H groups in total. The number of para-hydroxylation sites is 1. The number of hydrogen-bond acceptors (Lipinski definition) is 4. The van der Waals surface area contributed by atoms with Crippen molar-refractivity contribution in [2.24, 2.45) is 11.8 Å². The Kier molecular flexibility index (Phi) is 6.32. The average Bonchev–Trinajstić information content (AvgIpc) is 3.46. The van der Waals surface area contributed by atoms with Crippen LogP contribution in [0.4, 0.5) is 0 Å². The maximum absolute atomic E-state index is 12.5. The van der Waals surface area contributed by atoms with Crippen LogP contribution >= 0.6 is 0 Å². The smallest absolute Gasteiger partial charge is 0.223 e. The van der Waals surface area contributed by atoms with E-state index in [0.717, 1.165) is 63.4 Å². The van der Waals surface area contributed by atoms with Gasteiger partial charge in [0.1, 0.15) is 5.75 Å². The van der Waals surface area contributed by atoms with Gasteiger partial charge in [-0.1, -0.05) is 18.2 Å². The second-order valence-corrected chi connectivity index (χ2v) is 7.21. The molecule has 0 bridgehead atoms. The molecule has 1 aromatic carbocycles. The summed E-state index contributed by atoms with van der Waals surface area (Å²) in [5.41, 5.74) is 1.16. The van der Waals surface area contributed by atoms with Crippen LogP contribution in [-0.2, 0) is 9.53 Å². The molecule has 5 heteroatoms. The van der Waals surface area contributed by atoms with Gasteiger partial charge >= 0.3 is 0 Å². The third-order valence-corrected chi connectivity index (χ3v) is 5.55. The van der Waals surface area contributed by atoms with Crippen LogP contribution in [0.2, 0.25) is 0 Å². The van der Waals surface area contributed by atoms with Crippen LogP contribution < -0.4 is 10.1 Å². The maximum atomic E-state index is 12.5. The predicted molar refractivity (Wildman–Crippen MR) is 97.9 cm³/mol. The average molecular weight is 346 g/mol. The molecule has 2 aliphatic rings. The van der Waals surface area contributed by atoms with Gasteiger partial charge in [-0.25, -0.2) is 0 Å². The second-order valence-electron chi connectivity index (χ2n) is 7.21. The lowest BCUT2D eigenvalue weighted by molar-refractivity contribution is -0.122. The van der Waals surface area contributed by atoms with Gasteiger partial charge in [-0.05, 0) is 55.8 Å². The number of ether oxygens (including phenoxy) is 2. The van der Waals surface area contributed by atoms with Gasteiger partial charge in [0, 0.05) is 26.1 Å². The summed E-state index contributed by atoms with van der Waals surface area (Å²) in [4.78, 5) is 14.9. The van der Waals surface area contributed by atoms with Gasteiger partial charge in [0.05, 0.1) is 13.7 Å². The van der Waals surface area contributed by atoms with Gasteiger partial charge in [0.25, 0.3) is 0 Å². The highest BCUT2D eigenvalue weighted by molar-refractivity contribution is 5.83. The number of benzene rings is 1. The third kappa shape index (κ3) is 4.73. The molecule has 25 heavy (non-hydrogen) atoms. The van der Waals surface area contributed by atoms with E-state index in [1.54, 1.807) is 14.2 Å². The van der Waals surface area contributed by atoms with Gasteiger partial charge in [0.15, 0.2) is 0 Å². The SMILES string of the molecule is COCCN1CCC(CNC(=O)[C@H]2C[C@@H]2c2ccccc2OC)CC1. The zero-order chi connectivity index (χ0) is 17.6. The van der Waals surface area contributed by atoms with E-state index in [9.17, 15) is 4.79 Å². The molecule has 1 aromatic rings. The molecule has 3 rings (SSSR count). The minimum absolute atomic E-state index is 0.109. The van der Waals surface area contributed by atoms with E-state index in [-0.39, 0.29) is 11.8 Å². The summed E-state index contributed by atoms with van der Waals surface area (Å²) in [5.74, 6) is 2.13. The summed E-state index contributed by atoms with van der Waals surface area (Å²) < 4.78 is 10.6. The standard InChI is InChI=1S/C20H30N2O3/c1-24-12-11-22-9-7-15(8-10-22)14-21-20(23)18-13-17(18)16-5-3-4-6-19(16)25-2/h3-6,15,17-18H,7-14H2,1-2H3,(H,21,23)/t17-,18+/m1/s1. The van der Waals surface area contributed by atoms with E-state index in [0.29, 0.717) is 11.8 Å². The normalized spacial score (nSPS) is 24.1. The van der Waals surface area contributed by atoms with Crippen molar-refractivity contribution in [3.05, 3.63) is 29.8 Å². The Morgan fingerprint density at radius 2 is 2.00 bits per heavy atom. The van der Waals surface area contributed by atoms with Crippen molar-refractivity contribution in [3.8, 4) is 5.75 Å². The number of rotatable bonds is 8. The van der Waals surface area contributed by atoms with Crippen molar-refractivity contribution >= 4 is 5.91 Å². The Morgan fingerprint density at radius 3 is 2.72 bits per heavy atom. The maximum Gasteiger partial charge on any atom is 0.223 e. The third-order valence-electron chi connectivity index (χ3n) is 5.55. The Morgan fingerprint density at radius 1 is 1.24 bits per heavy atom. The lowest BCUT2D eigenvalue weighted by Crippen LogP contribution is -2.40. The summed E-state index contributed by atoms with van der Waals surface area (Å²) in [6.07, 6.45) is 3.25. The minimum atomic E-state index is 0.109. The fraction of sp³-hybridized carbons (Fsp3) is 0.650. The Bertz CT molecular complexity index is 570. The molecule has 1 saturated heterocycles. The highest BCUT2D eigenvalue weighted by atomic mass is 16.5. The lowest BCUT2D eigenvalue weighted by Gasteiger charge is -2.31. The predicted octanol–water partition coefficient (Wildman–Crippen LogP) is 2.27. The highest BCUT2D eigenvalue weighted by Gasteiger charge is 2.45. The number of amides is 1. The second kappa shape index (κ2) is 8.68. The van der Waals surface area contributed by atoms with Crippen LogP contribution in [-0.4, -0.2) is 57.8 Å². The fourth-order valence-corrected chi connectivity index (χ4v) is 3.81. The molecule has 1 heterocycles. The molecular weight excluding hydrogens is 316 g/mol. The lowest BCUT2D eigenvalue weighted by atomic mass is 9.96. The van der Waals surface area contributed by atoms with Crippen LogP contribution in [0, 0.1) is 11.8 Å². The molecule has 138 valence electrons. The Hall–Kier alpha value is -1.59. The zero-order valence-corrected chi connectivity index (χ0v) is 15.4. The van der Waals surface area contributed by atoms with E-state index in [4.69, 9.17) is 9.47 Å². The van der Waals surface area contributed by atoms with Gasteiger partial charge in [0.2, 0.25) is 5.91 Å². The van der Waals surface area contributed by atoms with Crippen LogP contribution in [0.3, 0.4) is 0 Å². The molecule has 1 aliphatic carbocycles. The number of nitrogens with zero attached hydrogens (tertiary/aromatic N) is 1. The van der Waals surface area contributed by atoms with Crippen LogP contribution in [0.1, 0.15) is 30.7 Å². The van der Waals surface area contributed by atoms with Crippen molar-refractivity contribution in [2.45, 2.75) is 25.2 Å². The number of piperidine rings is 1. The number of carbonyl (C=O) groups is 1. The fourth-order valence-electron chi connectivity index (χ4n) is 3.81. The molecule has 2 atom stereocenters. The molecule has 2 fully saturated rings. The van der Waals surface area contributed by atoms with Crippen molar-refractivity contribution in [2.75, 3.05) is 47.0 Å². The van der Waals surface area contributed by atoms with E-state index < -0.39 is 0 Å². The first-order valence-electron chi connectivity index (χ1n) is 9.34. The molecule has 1 aliphatic heterocycles. The van der Waals surface area contributed by atoms with Gasteiger partial charge in [-0.15, -0.1) is 0 Å². The molecule has 5 nitrogen and oxygen atoms in total. The summed E-state index contributed by atoms with van der Waals surface area (Å²) in [6, 6.07) is 8.04. The van der Waals surface area contributed by atoms with Crippen LogP contribution in [0.15, 0.2) is 24.3 Å². The first kappa shape index (κ1) is 18.2. The minimum Gasteiger partial charge on any atom is -0.496 e. The number of carbonyl (C=O) groups excluding carboxylic acids is 1. The number of hydrogen-bond donors (Lipinski definition) is 1. The number of likely N-dealkylation sites (tertiary alicyclic amines) is 1. The summed E-state index contributed by atoms with van der Waals surface area (Å²) in [5, 5.41) is 3.19. The largest absolute Gasteiger partial charge is 0.496 e. The summed E-state index contributed by atoms with van der Waals surface area (Å²) in [6.45, 7) is 4.84. The quantitative estimate of drug-likeness (QED) is 0.785. The van der Waals surface area contributed by atoms with Crippen molar-refractivity contribution in [3.63, 3.8) is 0 Å². The van der Waals surface area contributed by atoms with Gasteiger partial charge < -0.3 is 19.7 Å².